The topological polar surface area (TPSA) is 18.5 Å². The summed E-state index contributed by atoms with van der Waals surface area (Å²) in [5.41, 5.74) is 5.25. The first-order chi connectivity index (χ1) is 25.0. The van der Waals surface area contributed by atoms with Crippen LogP contribution in [0.4, 0.5) is 0 Å². The predicted octanol–water partition coefficient (Wildman–Crippen LogP) is 9.73. The largest absolute Gasteiger partial charge is 0.496 e. The minimum atomic E-state index is -1.85. The Morgan fingerprint density at radius 1 is 0.385 bits per heavy atom. The average Bonchev–Trinajstić information content (AvgIpc) is 3.15. The summed E-state index contributed by atoms with van der Waals surface area (Å²) in [6.07, 6.45) is 1.84. The van der Waals surface area contributed by atoms with Crippen molar-refractivity contribution < 1.29 is 9.47 Å². The summed E-state index contributed by atoms with van der Waals surface area (Å²) in [5, 5.41) is 8.53. The maximum Gasteiger partial charge on any atom is 0.127 e. The van der Waals surface area contributed by atoms with Crippen molar-refractivity contribution in [2.45, 2.75) is 51.6 Å². The molecule has 0 saturated carbocycles. The van der Waals surface area contributed by atoms with E-state index in [1.54, 1.807) is 0 Å². The second-order valence-corrected chi connectivity index (χ2v) is 29.8. The molecule has 6 aromatic carbocycles. The highest BCUT2D eigenvalue weighted by Gasteiger charge is 2.33. The van der Waals surface area contributed by atoms with Crippen LogP contribution in [0.2, 0.25) is 39.3 Å². The van der Waals surface area contributed by atoms with Crippen LogP contribution in [0, 0.1) is 0 Å². The molecule has 0 radical (unpaired) electrons. The summed E-state index contributed by atoms with van der Waals surface area (Å²) in [6, 6.07) is 53.8. The van der Waals surface area contributed by atoms with Gasteiger partial charge in [0.15, 0.2) is 0 Å². The van der Waals surface area contributed by atoms with Crippen LogP contribution in [0.15, 0.2) is 146 Å². The van der Waals surface area contributed by atoms with Gasteiger partial charge in [-0.05, 0) is 60.3 Å². The monoisotopic (exact) mass is 754 g/mol. The Bertz CT molecular complexity index is 1840. The minimum absolute atomic E-state index is 0.719. The highest BCUT2D eigenvalue weighted by atomic mass is 31.1. The first-order valence-electron chi connectivity index (χ1n) is 18.2. The van der Waals surface area contributed by atoms with Gasteiger partial charge in [0.1, 0.15) is 11.5 Å². The lowest BCUT2D eigenvalue weighted by Gasteiger charge is -2.32. The first-order valence-corrected chi connectivity index (χ1v) is 28.2. The summed E-state index contributed by atoms with van der Waals surface area (Å²) in [6.45, 7) is 14.9. The summed E-state index contributed by atoms with van der Waals surface area (Å²) >= 11 is 0. The fraction of sp³-hybridized carbons (Fsp3) is 0.217. The molecule has 0 saturated heterocycles. The molecular formula is C46H52O2P2Si2. The molecule has 0 aliphatic heterocycles. The van der Waals surface area contributed by atoms with Crippen LogP contribution in [0.1, 0.15) is 11.1 Å². The number of ether oxygens (including phenoxy) is 2. The quantitative estimate of drug-likeness (QED) is 0.0864. The molecule has 266 valence electrons. The van der Waals surface area contributed by atoms with Gasteiger partial charge < -0.3 is 9.47 Å². The first kappa shape index (κ1) is 38.0. The van der Waals surface area contributed by atoms with Crippen molar-refractivity contribution in [2.24, 2.45) is 0 Å². The van der Waals surface area contributed by atoms with Gasteiger partial charge in [0.25, 0.3) is 0 Å². The van der Waals surface area contributed by atoms with Gasteiger partial charge >= 0.3 is 0 Å². The molecule has 0 unspecified atom stereocenters. The normalized spacial score (nSPS) is 12.0. The summed E-state index contributed by atoms with van der Waals surface area (Å²) in [5.74, 6) is 1.84. The van der Waals surface area contributed by atoms with Crippen molar-refractivity contribution >= 4 is 63.6 Å². The molecule has 6 heteroatoms. The Kier molecular flexibility index (Phi) is 12.0. The van der Waals surface area contributed by atoms with Gasteiger partial charge in [-0.15, -0.1) is 0 Å². The molecular weight excluding hydrogens is 703 g/mol. The van der Waals surface area contributed by atoms with Crippen LogP contribution in [-0.2, 0) is 12.3 Å². The SMILES string of the molecule is COc1ccc([Si](C)(C)C)c(CP(c2ccccc2)c2ccccc2)c1-c1c(OC)ccc([Si](C)(C)C)c1CP(c1ccccc1)c1ccccc1. The Morgan fingerprint density at radius 2 is 0.654 bits per heavy atom. The third kappa shape index (κ3) is 8.37. The minimum Gasteiger partial charge on any atom is -0.496 e. The van der Waals surface area contributed by atoms with E-state index in [9.17, 15) is 0 Å². The number of benzene rings is 6. The zero-order chi connectivity index (χ0) is 36.9. The third-order valence-electron chi connectivity index (χ3n) is 9.76. The van der Waals surface area contributed by atoms with Crippen molar-refractivity contribution in [3.63, 3.8) is 0 Å². The van der Waals surface area contributed by atoms with Gasteiger partial charge in [0.05, 0.1) is 30.4 Å². The van der Waals surface area contributed by atoms with Crippen LogP contribution in [-0.4, -0.2) is 30.4 Å². The summed E-state index contributed by atoms with van der Waals surface area (Å²) < 4.78 is 12.9. The van der Waals surface area contributed by atoms with Crippen molar-refractivity contribution in [1.82, 2.24) is 0 Å². The summed E-state index contributed by atoms with van der Waals surface area (Å²) in [4.78, 5) is 0. The number of rotatable bonds is 13. The molecule has 0 aliphatic carbocycles. The number of hydrogen-bond donors (Lipinski definition) is 0. The highest BCUT2D eigenvalue weighted by Crippen LogP contribution is 2.49. The lowest BCUT2D eigenvalue weighted by molar-refractivity contribution is 0.410. The van der Waals surface area contributed by atoms with Gasteiger partial charge in [-0.2, -0.15) is 0 Å². The lowest BCUT2D eigenvalue weighted by atomic mass is 9.94. The van der Waals surface area contributed by atoms with Crippen LogP contribution in [0.3, 0.4) is 0 Å². The zero-order valence-corrected chi connectivity index (χ0v) is 35.8. The maximum absolute atomic E-state index is 6.44. The van der Waals surface area contributed by atoms with E-state index in [1.807, 2.05) is 14.2 Å². The molecule has 6 aromatic rings. The number of methoxy groups -OCH3 is 2. The van der Waals surface area contributed by atoms with E-state index in [0.29, 0.717) is 0 Å². The predicted molar refractivity (Wildman–Crippen MR) is 236 cm³/mol. The molecule has 0 atom stereocenters. The molecule has 0 amide bonds. The Labute approximate surface area is 316 Å². The van der Waals surface area contributed by atoms with Gasteiger partial charge in [0.2, 0.25) is 0 Å². The van der Waals surface area contributed by atoms with E-state index in [0.717, 1.165) is 23.8 Å². The fourth-order valence-electron chi connectivity index (χ4n) is 7.29. The molecule has 52 heavy (non-hydrogen) atoms. The van der Waals surface area contributed by atoms with Crippen LogP contribution >= 0.6 is 15.8 Å². The van der Waals surface area contributed by atoms with E-state index in [-0.39, 0.29) is 0 Å². The average molecular weight is 755 g/mol. The standard InChI is InChI=1S/C46H52O2P2Si2/c1-47-41-29-31-43(51(3,4)5)39(33-49(35-21-13-9-14-22-35)36-23-15-10-16-24-36)45(41)46-40(44(52(6,7)8)32-30-42(46)48-2)34-50(37-25-17-11-18-26-37)38-27-19-12-20-28-38/h9-32H,33-34H2,1-8H3. The second-order valence-electron chi connectivity index (χ2n) is 15.4. The Hall–Kier alpha value is -3.79. The zero-order valence-electron chi connectivity index (χ0n) is 32.0. The fourth-order valence-corrected chi connectivity index (χ4v) is 15.7. The molecule has 0 heterocycles. The van der Waals surface area contributed by atoms with Gasteiger partial charge in [-0.1, -0.05) is 183 Å². The smallest absolute Gasteiger partial charge is 0.127 e. The van der Waals surface area contributed by atoms with Crippen molar-refractivity contribution in [3.8, 4) is 22.6 Å². The molecule has 0 spiro atoms. The molecule has 0 aromatic heterocycles. The van der Waals surface area contributed by atoms with Crippen molar-refractivity contribution in [3.05, 3.63) is 157 Å². The Morgan fingerprint density at radius 3 is 0.885 bits per heavy atom. The summed E-state index contributed by atoms with van der Waals surface area (Å²) in [7, 11) is -1.47. The molecule has 0 fully saturated rings. The Balaban J connectivity index is 1.70. The molecule has 0 bridgehead atoms. The van der Waals surface area contributed by atoms with Crippen LogP contribution < -0.4 is 41.1 Å². The van der Waals surface area contributed by atoms with E-state index in [1.165, 1.54) is 53.8 Å². The van der Waals surface area contributed by atoms with Crippen LogP contribution in [0.25, 0.3) is 11.1 Å². The van der Waals surface area contributed by atoms with E-state index < -0.39 is 32.0 Å². The molecule has 0 aliphatic rings. The van der Waals surface area contributed by atoms with E-state index in [2.05, 4.69) is 185 Å². The van der Waals surface area contributed by atoms with E-state index in [4.69, 9.17) is 9.47 Å². The molecule has 0 N–H and O–H groups in total. The van der Waals surface area contributed by atoms with E-state index >= 15 is 0 Å². The van der Waals surface area contributed by atoms with Gasteiger partial charge in [-0.25, -0.2) is 0 Å². The van der Waals surface area contributed by atoms with Gasteiger partial charge in [-0.3, -0.25) is 0 Å². The highest BCUT2D eigenvalue weighted by molar-refractivity contribution is 7.72. The van der Waals surface area contributed by atoms with Gasteiger partial charge in [0, 0.05) is 23.5 Å². The molecule has 6 rings (SSSR count). The van der Waals surface area contributed by atoms with Crippen LogP contribution in [0.5, 0.6) is 11.5 Å². The maximum atomic E-state index is 6.44. The number of hydrogen-bond acceptors (Lipinski definition) is 2. The van der Waals surface area contributed by atoms with Crippen molar-refractivity contribution in [1.29, 1.82) is 0 Å². The lowest BCUT2D eigenvalue weighted by Crippen LogP contribution is -2.42. The second kappa shape index (κ2) is 16.5. The third-order valence-corrected chi connectivity index (χ3v) is 18.9. The molecule has 2 nitrogen and oxygen atoms in total. The van der Waals surface area contributed by atoms with Crippen molar-refractivity contribution in [2.75, 3.05) is 14.2 Å².